The van der Waals surface area contributed by atoms with E-state index in [1.807, 2.05) is 0 Å². The number of aliphatic hydroxyl groups is 4. The van der Waals surface area contributed by atoms with Crippen molar-refractivity contribution in [2.24, 2.45) is 0 Å². The minimum Gasteiger partial charge on any atom is -0.479 e. The summed E-state index contributed by atoms with van der Waals surface area (Å²) in [7, 11) is -4.95. The Morgan fingerprint density at radius 1 is 1.33 bits per heavy atom. The molecule has 21 heavy (non-hydrogen) atoms. The first-order valence-corrected chi connectivity index (χ1v) is 7.31. The molecule has 12 heteroatoms. The maximum Gasteiger partial charge on any atom is 0.473 e. The van der Waals surface area contributed by atoms with Crippen LogP contribution in [0, 0.1) is 0 Å². The van der Waals surface area contributed by atoms with Crippen LogP contribution in [0.25, 0.3) is 0 Å². The van der Waals surface area contributed by atoms with Gasteiger partial charge in [0.1, 0.15) is 24.4 Å². The number of ether oxygens (including phenoxy) is 1. The van der Waals surface area contributed by atoms with E-state index in [-0.39, 0.29) is 0 Å². The van der Waals surface area contributed by atoms with Gasteiger partial charge in [0.15, 0.2) is 12.4 Å². The number of phosphoric acid groups is 1. The molecule has 1 unspecified atom stereocenters. The van der Waals surface area contributed by atoms with Gasteiger partial charge in [0, 0.05) is 0 Å². The molecular formula is C9H17O11P. The molecule has 1 aliphatic rings. The lowest BCUT2D eigenvalue weighted by Gasteiger charge is -2.39. The standard InChI is InChI=1S/C9H17O11P/c1-3(8(13)14)19-21(16,17)20-7-6(12)5(11)4(2-10)18-9(7)15/h3-7,9-12,15H,2H2,1H3,(H,13,14)(H,16,17)/t3-,4+,5+,6-,7+,9-/m0/s1. The summed E-state index contributed by atoms with van der Waals surface area (Å²) >= 11 is 0. The number of hydrogen-bond donors (Lipinski definition) is 6. The van der Waals surface area contributed by atoms with Crippen LogP contribution in [0.3, 0.4) is 0 Å². The van der Waals surface area contributed by atoms with Gasteiger partial charge >= 0.3 is 13.8 Å². The summed E-state index contributed by atoms with van der Waals surface area (Å²) < 4.78 is 25.0. The first kappa shape index (κ1) is 18.4. The Kier molecular flexibility index (Phi) is 6.23. The SMILES string of the molecule is C[C@H](OP(=O)(O)O[C@@H]1[C@@H](O)[C@H](O)[C@@H](CO)O[C@@H]1O)C(=O)O. The maximum atomic E-state index is 11.6. The second-order valence-electron chi connectivity index (χ2n) is 4.35. The van der Waals surface area contributed by atoms with Gasteiger partial charge < -0.3 is 35.2 Å². The van der Waals surface area contributed by atoms with Crippen molar-refractivity contribution in [3.05, 3.63) is 0 Å². The number of carbonyl (C=O) groups is 1. The van der Waals surface area contributed by atoms with Crippen molar-refractivity contribution in [3.8, 4) is 0 Å². The van der Waals surface area contributed by atoms with E-state index in [2.05, 4.69) is 9.05 Å². The summed E-state index contributed by atoms with van der Waals surface area (Å²) in [5, 5.41) is 46.2. The highest BCUT2D eigenvalue weighted by Crippen LogP contribution is 2.47. The van der Waals surface area contributed by atoms with Crippen molar-refractivity contribution in [3.63, 3.8) is 0 Å². The Bertz CT molecular complexity index is 414. The van der Waals surface area contributed by atoms with Crippen LogP contribution in [0.2, 0.25) is 0 Å². The molecule has 1 aliphatic heterocycles. The second-order valence-corrected chi connectivity index (χ2v) is 5.71. The summed E-state index contributed by atoms with van der Waals surface area (Å²) in [5.41, 5.74) is 0. The molecule has 1 fully saturated rings. The average Bonchev–Trinajstić information content (AvgIpc) is 2.38. The van der Waals surface area contributed by atoms with Gasteiger partial charge in [-0.2, -0.15) is 0 Å². The lowest BCUT2D eigenvalue weighted by atomic mass is 9.99. The van der Waals surface area contributed by atoms with Crippen molar-refractivity contribution >= 4 is 13.8 Å². The molecule has 0 aromatic carbocycles. The molecule has 0 radical (unpaired) electrons. The van der Waals surface area contributed by atoms with Crippen LogP contribution < -0.4 is 0 Å². The molecule has 0 saturated carbocycles. The van der Waals surface area contributed by atoms with E-state index in [4.69, 9.17) is 14.9 Å². The molecular weight excluding hydrogens is 315 g/mol. The molecule has 0 aliphatic carbocycles. The van der Waals surface area contributed by atoms with Gasteiger partial charge in [-0.15, -0.1) is 0 Å². The molecule has 0 aromatic heterocycles. The Labute approximate surface area is 118 Å². The monoisotopic (exact) mass is 332 g/mol. The molecule has 1 rings (SSSR count). The average molecular weight is 332 g/mol. The van der Waals surface area contributed by atoms with E-state index in [0.29, 0.717) is 0 Å². The van der Waals surface area contributed by atoms with E-state index in [9.17, 15) is 29.6 Å². The van der Waals surface area contributed by atoms with Crippen molar-refractivity contribution in [1.82, 2.24) is 0 Å². The maximum absolute atomic E-state index is 11.6. The van der Waals surface area contributed by atoms with Gasteiger partial charge in [0.05, 0.1) is 6.61 Å². The number of phosphoric ester groups is 1. The van der Waals surface area contributed by atoms with Crippen LogP contribution in [0.4, 0.5) is 0 Å². The second kappa shape index (κ2) is 7.09. The zero-order valence-corrected chi connectivity index (χ0v) is 11.7. The van der Waals surface area contributed by atoms with Crippen molar-refractivity contribution in [2.45, 2.75) is 43.7 Å². The molecule has 0 amide bonds. The highest BCUT2D eigenvalue weighted by atomic mass is 31.2. The fourth-order valence-corrected chi connectivity index (χ4v) is 2.68. The first-order chi connectivity index (χ1) is 9.59. The normalized spacial score (nSPS) is 37.7. The van der Waals surface area contributed by atoms with E-state index in [1.54, 1.807) is 0 Å². The van der Waals surface area contributed by atoms with E-state index >= 15 is 0 Å². The zero-order chi connectivity index (χ0) is 16.4. The first-order valence-electron chi connectivity index (χ1n) is 5.82. The molecule has 11 nitrogen and oxygen atoms in total. The van der Waals surface area contributed by atoms with Gasteiger partial charge in [-0.05, 0) is 6.92 Å². The van der Waals surface area contributed by atoms with Gasteiger partial charge in [0.2, 0.25) is 0 Å². The van der Waals surface area contributed by atoms with Crippen LogP contribution in [0.1, 0.15) is 6.92 Å². The fourth-order valence-electron chi connectivity index (χ4n) is 1.61. The Morgan fingerprint density at radius 3 is 2.38 bits per heavy atom. The molecule has 7 atom stereocenters. The molecule has 0 bridgehead atoms. The predicted octanol–water partition coefficient (Wildman–Crippen LogP) is -2.61. The summed E-state index contributed by atoms with van der Waals surface area (Å²) in [6, 6.07) is 0. The molecule has 1 heterocycles. The number of rotatable bonds is 6. The Hall–Kier alpha value is -0.620. The third kappa shape index (κ3) is 4.68. The van der Waals surface area contributed by atoms with Gasteiger partial charge in [0.25, 0.3) is 0 Å². The number of carboxylic acids is 1. The lowest BCUT2D eigenvalue weighted by molar-refractivity contribution is -0.283. The van der Waals surface area contributed by atoms with Crippen LogP contribution in [-0.2, 0) is 23.1 Å². The van der Waals surface area contributed by atoms with Crippen LogP contribution in [-0.4, -0.2) is 79.8 Å². The molecule has 6 N–H and O–H groups in total. The minimum absolute atomic E-state index is 0.717. The minimum atomic E-state index is -4.95. The summed E-state index contributed by atoms with van der Waals surface area (Å²) in [4.78, 5) is 19.9. The number of hydrogen-bond acceptors (Lipinski definition) is 9. The molecule has 0 aromatic rings. The highest BCUT2D eigenvalue weighted by Gasteiger charge is 2.48. The largest absolute Gasteiger partial charge is 0.479 e. The highest BCUT2D eigenvalue weighted by molar-refractivity contribution is 7.47. The Balaban J connectivity index is 2.76. The number of aliphatic hydroxyl groups excluding tert-OH is 4. The van der Waals surface area contributed by atoms with Crippen molar-refractivity contribution in [1.29, 1.82) is 0 Å². The summed E-state index contributed by atoms with van der Waals surface area (Å²) in [6.45, 7) is 0.251. The zero-order valence-electron chi connectivity index (χ0n) is 10.8. The quantitative estimate of drug-likeness (QED) is 0.280. The topological polar surface area (TPSA) is 183 Å². The third-order valence-corrected chi connectivity index (χ3v) is 3.83. The lowest BCUT2D eigenvalue weighted by Crippen LogP contribution is -2.59. The summed E-state index contributed by atoms with van der Waals surface area (Å²) in [6.07, 6.45) is -10.4. The van der Waals surface area contributed by atoms with Gasteiger partial charge in [-0.3, -0.25) is 9.05 Å². The van der Waals surface area contributed by atoms with E-state index < -0.39 is 57.2 Å². The number of carboxylic acid groups (broad SMARTS) is 1. The van der Waals surface area contributed by atoms with Crippen molar-refractivity contribution < 1.29 is 53.6 Å². The van der Waals surface area contributed by atoms with Gasteiger partial charge in [-0.25, -0.2) is 9.36 Å². The smallest absolute Gasteiger partial charge is 0.473 e. The predicted molar refractivity (Wildman–Crippen MR) is 62.9 cm³/mol. The van der Waals surface area contributed by atoms with Crippen molar-refractivity contribution in [2.75, 3.05) is 6.61 Å². The molecule has 1 saturated heterocycles. The Morgan fingerprint density at radius 2 is 1.90 bits per heavy atom. The van der Waals surface area contributed by atoms with Gasteiger partial charge in [-0.1, -0.05) is 0 Å². The van der Waals surface area contributed by atoms with Crippen LogP contribution in [0.15, 0.2) is 0 Å². The molecule has 0 spiro atoms. The van der Waals surface area contributed by atoms with Crippen LogP contribution in [0.5, 0.6) is 0 Å². The number of aliphatic carboxylic acids is 1. The van der Waals surface area contributed by atoms with Crippen LogP contribution >= 0.6 is 7.82 Å². The summed E-state index contributed by atoms with van der Waals surface area (Å²) in [5.74, 6) is -1.53. The van der Waals surface area contributed by atoms with E-state index in [0.717, 1.165) is 6.92 Å². The third-order valence-electron chi connectivity index (χ3n) is 2.74. The molecule has 124 valence electrons. The fraction of sp³-hybridized carbons (Fsp3) is 0.889. The van der Waals surface area contributed by atoms with E-state index in [1.165, 1.54) is 0 Å².